The SMILES string of the molecule is C/C=C(\CN=C(C)C/C(C)=C\NC)c1ccccc1. The minimum atomic E-state index is 0.749. The van der Waals surface area contributed by atoms with Gasteiger partial charge in [0, 0.05) is 19.2 Å². The smallest absolute Gasteiger partial charge is 0.0641 e. The van der Waals surface area contributed by atoms with Crippen LogP contribution in [0.15, 0.2) is 53.2 Å². The Morgan fingerprint density at radius 1 is 1.21 bits per heavy atom. The minimum absolute atomic E-state index is 0.749. The summed E-state index contributed by atoms with van der Waals surface area (Å²) in [7, 11) is 1.92. The van der Waals surface area contributed by atoms with Crippen molar-refractivity contribution < 1.29 is 0 Å². The number of aliphatic imine (C=N–C) groups is 1. The van der Waals surface area contributed by atoms with E-state index in [1.165, 1.54) is 22.4 Å². The van der Waals surface area contributed by atoms with Crippen molar-refractivity contribution in [3.8, 4) is 0 Å². The topological polar surface area (TPSA) is 24.4 Å². The average Bonchev–Trinajstić information content (AvgIpc) is 2.41. The summed E-state index contributed by atoms with van der Waals surface area (Å²) in [5.74, 6) is 0. The van der Waals surface area contributed by atoms with Crippen molar-refractivity contribution in [1.82, 2.24) is 5.32 Å². The van der Waals surface area contributed by atoms with E-state index in [9.17, 15) is 0 Å². The maximum absolute atomic E-state index is 4.67. The summed E-state index contributed by atoms with van der Waals surface area (Å²) >= 11 is 0. The summed E-state index contributed by atoms with van der Waals surface area (Å²) in [6.07, 6.45) is 5.09. The normalized spacial score (nSPS) is 13.6. The molecule has 0 fully saturated rings. The lowest BCUT2D eigenvalue weighted by Crippen LogP contribution is -2.00. The van der Waals surface area contributed by atoms with Crippen molar-refractivity contribution in [3.63, 3.8) is 0 Å². The Balaban J connectivity index is 2.66. The highest BCUT2D eigenvalue weighted by atomic mass is 14.8. The second-order valence-electron chi connectivity index (χ2n) is 4.69. The van der Waals surface area contributed by atoms with Gasteiger partial charge in [-0.3, -0.25) is 4.99 Å². The van der Waals surface area contributed by atoms with E-state index < -0.39 is 0 Å². The zero-order valence-corrected chi connectivity index (χ0v) is 12.4. The number of rotatable bonds is 6. The lowest BCUT2D eigenvalue weighted by molar-refractivity contribution is 1.05. The monoisotopic (exact) mass is 256 g/mol. The quantitative estimate of drug-likeness (QED) is 0.762. The van der Waals surface area contributed by atoms with Crippen LogP contribution in [0.1, 0.15) is 32.8 Å². The zero-order chi connectivity index (χ0) is 14.1. The van der Waals surface area contributed by atoms with Gasteiger partial charge < -0.3 is 5.32 Å². The van der Waals surface area contributed by atoms with Crippen LogP contribution < -0.4 is 5.32 Å². The number of hydrogen-bond acceptors (Lipinski definition) is 2. The van der Waals surface area contributed by atoms with Crippen molar-refractivity contribution in [1.29, 1.82) is 0 Å². The van der Waals surface area contributed by atoms with Gasteiger partial charge in [0.05, 0.1) is 6.54 Å². The predicted octanol–water partition coefficient (Wildman–Crippen LogP) is 4.06. The highest BCUT2D eigenvalue weighted by Gasteiger charge is 1.99. The predicted molar refractivity (Wildman–Crippen MR) is 85.5 cm³/mol. The third-order valence-corrected chi connectivity index (χ3v) is 2.94. The second kappa shape index (κ2) is 8.30. The standard InChI is InChI=1S/C17H24N2/c1-5-16(17-9-7-6-8-10-17)13-19-15(3)11-14(2)12-18-4/h5-10,12,18H,11,13H2,1-4H3/b14-12-,16-5+,19-15?. The summed E-state index contributed by atoms with van der Waals surface area (Å²) in [5, 5.41) is 3.05. The molecule has 0 heterocycles. The van der Waals surface area contributed by atoms with E-state index in [1.807, 2.05) is 19.3 Å². The zero-order valence-electron chi connectivity index (χ0n) is 12.4. The summed E-state index contributed by atoms with van der Waals surface area (Å²) < 4.78 is 0. The van der Waals surface area contributed by atoms with Gasteiger partial charge in [-0.25, -0.2) is 0 Å². The maximum atomic E-state index is 4.67. The van der Waals surface area contributed by atoms with Gasteiger partial charge in [0.25, 0.3) is 0 Å². The molecule has 0 bridgehead atoms. The molecule has 0 atom stereocenters. The molecule has 0 spiro atoms. The lowest BCUT2D eigenvalue weighted by atomic mass is 10.1. The number of nitrogens with one attached hydrogen (secondary N) is 1. The van der Waals surface area contributed by atoms with E-state index in [4.69, 9.17) is 0 Å². The molecule has 0 saturated carbocycles. The van der Waals surface area contributed by atoms with E-state index in [0.29, 0.717) is 0 Å². The summed E-state index contributed by atoms with van der Waals surface area (Å²) in [5.41, 5.74) is 4.99. The Hall–Kier alpha value is -1.83. The molecule has 0 aliphatic heterocycles. The number of benzene rings is 1. The molecule has 0 aliphatic rings. The van der Waals surface area contributed by atoms with Gasteiger partial charge in [-0.15, -0.1) is 0 Å². The van der Waals surface area contributed by atoms with Crippen molar-refractivity contribution in [2.24, 2.45) is 4.99 Å². The van der Waals surface area contributed by atoms with E-state index in [0.717, 1.165) is 13.0 Å². The van der Waals surface area contributed by atoms with Crippen LogP contribution in [0.5, 0.6) is 0 Å². The molecular weight excluding hydrogens is 232 g/mol. The van der Waals surface area contributed by atoms with Crippen LogP contribution in [-0.4, -0.2) is 19.3 Å². The molecule has 0 aromatic heterocycles. The van der Waals surface area contributed by atoms with Crippen LogP contribution in [0.2, 0.25) is 0 Å². The number of hydrogen-bond donors (Lipinski definition) is 1. The van der Waals surface area contributed by atoms with Gasteiger partial charge in [-0.1, -0.05) is 42.0 Å². The van der Waals surface area contributed by atoms with Crippen molar-refractivity contribution in [2.45, 2.75) is 27.2 Å². The molecule has 0 saturated heterocycles. The maximum Gasteiger partial charge on any atom is 0.0641 e. The molecule has 0 amide bonds. The van der Waals surface area contributed by atoms with Gasteiger partial charge in [0.1, 0.15) is 0 Å². The lowest BCUT2D eigenvalue weighted by Gasteiger charge is -2.06. The van der Waals surface area contributed by atoms with Gasteiger partial charge >= 0.3 is 0 Å². The molecule has 1 N–H and O–H groups in total. The molecule has 19 heavy (non-hydrogen) atoms. The van der Waals surface area contributed by atoms with E-state index >= 15 is 0 Å². The largest absolute Gasteiger partial charge is 0.394 e. The van der Waals surface area contributed by atoms with Crippen molar-refractivity contribution in [2.75, 3.05) is 13.6 Å². The van der Waals surface area contributed by atoms with Crippen LogP contribution in [0.3, 0.4) is 0 Å². The highest BCUT2D eigenvalue weighted by Crippen LogP contribution is 2.14. The third-order valence-electron chi connectivity index (χ3n) is 2.94. The Kier molecular flexibility index (Phi) is 6.65. The molecule has 1 aromatic carbocycles. The van der Waals surface area contributed by atoms with Crippen LogP contribution in [0.25, 0.3) is 5.57 Å². The molecule has 0 aliphatic carbocycles. The molecule has 0 radical (unpaired) electrons. The first-order valence-corrected chi connectivity index (χ1v) is 6.70. The summed E-state index contributed by atoms with van der Waals surface area (Å²) in [4.78, 5) is 4.67. The Bertz CT molecular complexity index is 467. The average molecular weight is 256 g/mol. The molecule has 1 aromatic rings. The van der Waals surface area contributed by atoms with E-state index in [2.05, 4.69) is 61.4 Å². The van der Waals surface area contributed by atoms with Crippen LogP contribution in [0.4, 0.5) is 0 Å². The molecule has 1 rings (SSSR count). The molecule has 0 unspecified atom stereocenters. The molecular formula is C17H24N2. The first kappa shape index (κ1) is 15.2. The molecule has 2 nitrogen and oxygen atoms in total. The first-order chi connectivity index (χ1) is 9.17. The highest BCUT2D eigenvalue weighted by molar-refractivity contribution is 5.85. The number of allylic oxidation sites excluding steroid dienone is 2. The Labute approximate surface area is 117 Å². The Morgan fingerprint density at radius 2 is 1.89 bits per heavy atom. The Morgan fingerprint density at radius 3 is 2.47 bits per heavy atom. The van der Waals surface area contributed by atoms with Gasteiger partial charge in [0.2, 0.25) is 0 Å². The first-order valence-electron chi connectivity index (χ1n) is 6.70. The fourth-order valence-electron chi connectivity index (χ4n) is 1.98. The van der Waals surface area contributed by atoms with Gasteiger partial charge in [0.15, 0.2) is 0 Å². The summed E-state index contributed by atoms with van der Waals surface area (Å²) in [6, 6.07) is 10.4. The van der Waals surface area contributed by atoms with E-state index in [1.54, 1.807) is 0 Å². The van der Waals surface area contributed by atoms with Crippen molar-refractivity contribution >= 4 is 11.3 Å². The van der Waals surface area contributed by atoms with Gasteiger partial charge in [-0.05, 0) is 38.1 Å². The third kappa shape index (κ3) is 5.56. The molecule has 102 valence electrons. The van der Waals surface area contributed by atoms with Crippen LogP contribution in [0, 0.1) is 0 Å². The molecule has 2 heteroatoms. The fraction of sp³-hybridized carbons (Fsp3) is 0.353. The van der Waals surface area contributed by atoms with Gasteiger partial charge in [-0.2, -0.15) is 0 Å². The van der Waals surface area contributed by atoms with Crippen molar-refractivity contribution in [3.05, 3.63) is 53.7 Å². The fourth-order valence-corrected chi connectivity index (χ4v) is 1.98. The van der Waals surface area contributed by atoms with E-state index in [-0.39, 0.29) is 0 Å². The minimum Gasteiger partial charge on any atom is -0.394 e. The second-order valence-corrected chi connectivity index (χ2v) is 4.69. The van der Waals surface area contributed by atoms with Crippen LogP contribution >= 0.6 is 0 Å². The summed E-state index contributed by atoms with van der Waals surface area (Å²) in [6.45, 7) is 7.02. The number of nitrogens with zero attached hydrogens (tertiary/aromatic N) is 1. The van der Waals surface area contributed by atoms with Crippen LogP contribution in [-0.2, 0) is 0 Å².